The molecule has 1 saturated carbocycles. The second kappa shape index (κ2) is 12.1. The Morgan fingerprint density at radius 3 is 2.62 bits per heavy atom. The van der Waals surface area contributed by atoms with Crippen LogP contribution >= 0.6 is 0 Å². The Morgan fingerprint density at radius 2 is 1.90 bits per heavy atom. The Balaban J connectivity index is 1.31. The van der Waals surface area contributed by atoms with Gasteiger partial charge in [-0.05, 0) is 67.0 Å². The SMILES string of the molecule is COc1cc(CN(C[C@@H]2CC[C@H](C(=O)O)C2)[C@H](C)c2ccc3c(c2)CCO3)ccc1OCCn1c(O)ccc1O. The third-order valence-electron chi connectivity index (χ3n) is 8.25. The number of methoxy groups -OCH3 is 1. The van der Waals surface area contributed by atoms with Crippen LogP contribution < -0.4 is 14.2 Å². The molecular weight excluding hydrogens is 512 g/mol. The monoisotopic (exact) mass is 550 g/mol. The number of carbonyl (C=O) groups is 1. The van der Waals surface area contributed by atoms with Gasteiger partial charge in [0.05, 0.1) is 26.2 Å². The van der Waals surface area contributed by atoms with Crippen molar-refractivity contribution in [3.63, 3.8) is 0 Å². The minimum atomic E-state index is -0.691. The fraction of sp³-hybridized carbons (Fsp3) is 0.452. The molecule has 1 aromatic heterocycles. The highest BCUT2D eigenvalue weighted by atomic mass is 16.5. The Morgan fingerprint density at radius 1 is 1.10 bits per heavy atom. The molecule has 214 valence electrons. The number of carboxylic acids is 1. The Kier molecular flexibility index (Phi) is 8.40. The fourth-order valence-corrected chi connectivity index (χ4v) is 5.92. The van der Waals surface area contributed by atoms with Crippen LogP contribution in [0.3, 0.4) is 0 Å². The maximum atomic E-state index is 11.6. The molecule has 40 heavy (non-hydrogen) atoms. The van der Waals surface area contributed by atoms with E-state index in [1.807, 2.05) is 18.2 Å². The van der Waals surface area contributed by atoms with Crippen molar-refractivity contribution in [3.05, 3.63) is 65.2 Å². The van der Waals surface area contributed by atoms with Crippen LogP contribution in [0.4, 0.5) is 0 Å². The lowest BCUT2D eigenvalue weighted by molar-refractivity contribution is -0.141. The van der Waals surface area contributed by atoms with Crippen LogP contribution in [-0.4, -0.2) is 57.6 Å². The summed E-state index contributed by atoms with van der Waals surface area (Å²) in [5.74, 6) is 1.48. The number of fused-ring (bicyclic) bond motifs is 1. The zero-order valence-corrected chi connectivity index (χ0v) is 23.1. The van der Waals surface area contributed by atoms with E-state index in [0.717, 1.165) is 43.7 Å². The van der Waals surface area contributed by atoms with E-state index in [2.05, 4.69) is 30.0 Å². The molecule has 2 aliphatic rings. The molecule has 0 saturated heterocycles. The lowest BCUT2D eigenvalue weighted by Gasteiger charge is -2.32. The molecule has 3 N–H and O–H groups in total. The molecule has 1 fully saturated rings. The van der Waals surface area contributed by atoms with Gasteiger partial charge in [0, 0.05) is 37.7 Å². The highest BCUT2D eigenvalue weighted by molar-refractivity contribution is 5.70. The fourth-order valence-electron chi connectivity index (χ4n) is 5.92. The summed E-state index contributed by atoms with van der Waals surface area (Å²) in [5, 5.41) is 29.2. The van der Waals surface area contributed by atoms with E-state index in [1.165, 1.54) is 27.8 Å². The van der Waals surface area contributed by atoms with Crippen molar-refractivity contribution in [2.24, 2.45) is 11.8 Å². The van der Waals surface area contributed by atoms with E-state index in [1.54, 1.807) is 7.11 Å². The molecule has 9 nitrogen and oxygen atoms in total. The number of aliphatic carboxylic acids is 1. The Bertz CT molecular complexity index is 1320. The van der Waals surface area contributed by atoms with Crippen LogP contribution in [0.15, 0.2) is 48.5 Å². The maximum Gasteiger partial charge on any atom is 0.306 e. The standard InChI is InChI=1S/C31H38N2O7/c1-20(23-6-8-26-24(17-23)11-13-39-26)32(18-21-3-5-25(15-21)31(36)37)19-22-4-7-27(28(16-22)38-2)40-14-12-33-29(34)9-10-30(33)35/h4,6-10,16-17,20-21,25,34-35H,3,5,11-15,18-19H2,1-2H3,(H,36,37)/t20-,21-,25+/m1/s1. The summed E-state index contributed by atoms with van der Waals surface area (Å²) >= 11 is 0. The molecule has 3 aromatic rings. The van der Waals surface area contributed by atoms with E-state index >= 15 is 0 Å². The number of benzene rings is 2. The molecule has 0 amide bonds. The minimum Gasteiger partial charge on any atom is -0.494 e. The molecule has 0 radical (unpaired) electrons. The third-order valence-corrected chi connectivity index (χ3v) is 8.25. The first kappa shape index (κ1) is 27.7. The zero-order chi connectivity index (χ0) is 28.2. The second-order valence-corrected chi connectivity index (χ2v) is 10.8. The number of carboxylic acid groups (broad SMARTS) is 1. The van der Waals surface area contributed by atoms with Crippen LogP contribution in [0, 0.1) is 11.8 Å². The number of nitrogens with zero attached hydrogens (tertiary/aromatic N) is 2. The topological polar surface area (TPSA) is 114 Å². The van der Waals surface area contributed by atoms with Gasteiger partial charge in [0.2, 0.25) is 0 Å². The smallest absolute Gasteiger partial charge is 0.306 e. The first-order valence-electron chi connectivity index (χ1n) is 13.9. The van der Waals surface area contributed by atoms with Crippen LogP contribution in [0.25, 0.3) is 0 Å². The summed E-state index contributed by atoms with van der Waals surface area (Å²) in [7, 11) is 1.60. The predicted octanol–water partition coefficient (Wildman–Crippen LogP) is 4.99. The summed E-state index contributed by atoms with van der Waals surface area (Å²) in [6, 6.07) is 15.3. The number of aromatic nitrogens is 1. The van der Waals surface area contributed by atoms with Crippen LogP contribution in [0.2, 0.25) is 0 Å². The normalized spacial score (nSPS) is 18.9. The zero-order valence-electron chi connectivity index (χ0n) is 23.1. The van der Waals surface area contributed by atoms with E-state index in [4.69, 9.17) is 14.2 Å². The lowest BCUT2D eigenvalue weighted by Crippen LogP contribution is -2.31. The van der Waals surface area contributed by atoms with Crippen LogP contribution in [-0.2, 0) is 24.3 Å². The number of hydrogen-bond donors (Lipinski definition) is 3. The summed E-state index contributed by atoms with van der Waals surface area (Å²) in [5.41, 5.74) is 3.52. The Hall–Kier alpha value is -3.85. The molecule has 5 rings (SSSR count). The van der Waals surface area contributed by atoms with Crippen molar-refractivity contribution in [1.82, 2.24) is 9.47 Å². The van der Waals surface area contributed by atoms with Crippen LogP contribution in [0.5, 0.6) is 29.0 Å². The van der Waals surface area contributed by atoms with E-state index < -0.39 is 5.97 Å². The van der Waals surface area contributed by atoms with E-state index in [0.29, 0.717) is 30.4 Å². The highest BCUT2D eigenvalue weighted by Gasteiger charge is 2.32. The quantitative estimate of drug-likeness (QED) is 0.289. The third kappa shape index (κ3) is 6.14. The van der Waals surface area contributed by atoms with Gasteiger partial charge in [-0.25, -0.2) is 0 Å². The van der Waals surface area contributed by atoms with Gasteiger partial charge in [0.25, 0.3) is 0 Å². The highest BCUT2D eigenvalue weighted by Crippen LogP contribution is 2.37. The van der Waals surface area contributed by atoms with Gasteiger partial charge in [0.1, 0.15) is 12.4 Å². The molecule has 1 aliphatic heterocycles. The first-order chi connectivity index (χ1) is 19.3. The van der Waals surface area contributed by atoms with Crippen molar-refractivity contribution >= 4 is 5.97 Å². The molecule has 0 spiro atoms. The van der Waals surface area contributed by atoms with Crippen LogP contribution in [0.1, 0.15) is 48.9 Å². The number of aromatic hydroxyl groups is 2. The molecular formula is C31H38N2O7. The van der Waals surface area contributed by atoms with Crippen molar-refractivity contribution < 1.29 is 34.3 Å². The van der Waals surface area contributed by atoms with Gasteiger partial charge in [-0.3, -0.25) is 14.3 Å². The summed E-state index contributed by atoms with van der Waals surface area (Å²) in [4.78, 5) is 14.0. The maximum absolute atomic E-state index is 11.6. The average Bonchev–Trinajstić information content (AvgIpc) is 3.69. The average molecular weight is 551 g/mol. The number of hydrogen-bond acceptors (Lipinski definition) is 7. The lowest BCUT2D eigenvalue weighted by atomic mass is 9.99. The van der Waals surface area contributed by atoms with Gasteiger partial charge >= 0.3 is 5.97 Å². The van der Waals surface area contributed by atoms with Crippen molar-refractivity contribution in [1.29, 1.82) is 0 Å². The van der Waals surface area contributed by atoms with E-state index in [9.17, 15) is 20.1 Å². The number of ether oxygens (including phenoxy) is 3. The van der Waals surface area contributed by atoms with E-state index in [-0.39, 0.29) is 36.9 Å². The molecule has 1 aliphatic carbocycles. The van der Waals surface area contributed by atoms with Crippen molar-refractivity contribution in [2.45, 2.75) is 51.7 Å². The largest absolute Gasteiger partial charge is 0.494 e. The van der Waals surface area contributed by atoms with Gasteiger partial charge in [-0.1, -0.05) is 18.2 Å². The van der Waals surface area contributed by atoms with Gasteiger partial charge in [0.15, 0.2) is 23.3 Å². The molecule has 2 aromatic carbocycles. The van der Waals surface area contributed by atoms with Gasteiger partial charge in [-0.2, -0.15) is 0 Å². The first-order valence-corrected chi connectivity index (χ1v) is 13.9. The summed E-state index contributed by atoms with van der Waals surface area (Å²) in [6.07, 6.45) is 3.28. The summed E-state index contributed by atoms with van der Waals surface area (Å²) in [6.45, 7) is 4.93. The Labute approximate surface area is 234 Å². The molecule has 0 bridgehead atoms. The number of rotatable bonds is 12. The molecule has 9 heteroatoms. The van der Waals surface area contributed by atoms with Crippen molar-refractivity contribution in [3.8, 4) is 29.0 Å². The second-order valence-electron chi connectivity index (χ2n) is 10.8. The minimum absolute atomic E-state index is 0.0227. The molecule has 3 atom stereocenters. The van der Waals surface area contributed by atoms with Gasteiger partial charge < -0.3 is 29.5 Å². The molecule has 2 heterocycles. The predicted molar refractivity (Wildman–Crippen MR) is 149 cm³/mol. The van der Waals surface area contributed by atoms with Gasteiger partial charge in [-0.15, -0.1) is 0 Å². The molecule has 0 unspecified atom stereocenters. The summed E-state index contributed by atoms with van der Waals surface area (Å²) < 4.78 is 18.6. The van der Waals surface area contributed by atoms with Crippen molar-refractivity contribution in [2.75, 3.05) is 26.9 Å².